The predicted octanol–water partition coefficient (Wildman–Crippen LogP) is 2.15. The molecule has 0 radical (unpaired) electrons. The van der Waals surface area contributed by atoms with Gasteiger partial charge in [0.1, 0.15) is 0 Å². The maximum atomic E-state index is 11.1. The molecule has 0 aliphatic heterocycles. The van der Waals surface area contributed by atoms with Gasteiger partial charge in [-0.05, 0) is 37.1 Å². The van der Waals surface area contributed by atoms with E-state index in [1.54, 1.807) is 17.4 Å². The molecule has 3 N–H and O–H groups in total. The van der Waals surface area contributed by atoms with Gasteiger partial charge in [-0.15, -0.1) is 11.3 Å². The lowest BCUT2D eigenvalue weighted by atomic mass is 10.0. The van der Waals surface area contributed by atoms with E-state index in [9.17, 15) is 4.79 Å². The summed E-state index contributed by atoms with van der Waals surface area (Å²) in [6, 6.07) is 5.53. The topological polar surface area (TPSA) is 68.0 Å². The zero-order valence-corrected chi connectivity index (χ0v) is 11.9. The summed E-state index contributed by atoms with van der Waals surface area (Å²) in [4.78, 5) is 15.5. The van der Waals surface area contributed by atoms with Crippen molar-refractivity contribution in [1.29, 1.82) is 0 Å². The summed E-state index contributed by atoms with van der Waals surface area (Å²) in [5.41, 5.74) is 9.10. The first kappa shape index (κ1) is 13.7. The number of benzene rings is 1. The molecule has 1 heterocycles. The maximum absolute atomic E-state index is 11.1. The lowest BCUT2D eigenvalue weighted by Gasteiger charge is -2.08. The van der Waals surface area contributed by atoms with Gasteiger partial charge in [0.25, 0.3) is 0 Å². The number of aromatic nitrogens is 1. The van der Waals surface area contributed by atoms with Crippen LogP contribution in [0.15, 0.2) is 23.6 Å². The number of thiazole rings is 1. The molecule has 19 heavy (non-hydrogen) atoms. The van der Waals surface area contributed by atoms with E-state index in [-0.39, 0.29) is 5.91 Å². The lowest BCUT2D eigenvalue weighted by Crippen LogP contribution is -2.15. The van der Waals surface area contributed by atoms with Gasteiger partial charge in [0.2, 0.25) is 5.91 Å². The number of amides is 1. The van der Waals surface area contributed by atoms with Gasteiger partial charge in [-0.3, -0.25) is 4.79 Å². The summed E-state index contributed by atoms with van der Waals surface area (Å²) in [5.74, 6) is -0.388. The number of aryl methyl sites for hydroxylation is 2. The quantitative estimate of drug-likeness (QED) is 0.878. The van der Waals surface area contributed by atoms with Crippen molar-refractivity contribution in [3.63, 3.8) is 0 Å². The number of hydrogen-bond acceptors (Lipinski definition) is 4. The second-order valence-corrected chi connectivity index (χ2v) is 5.53. The van der Waals surface area contributed by atoms with E-state index in [4.69, 9.17) is 5.73 Å². The summed E-state index contributed by atoms with van der Waals surface area (Å²) in [7, 11) is 0. The van der Waals surface area contributed by atoms with Crippen LogP contribution in [-0.2, 0) is 13.1 Å². The Bertz CT molecular complexity index is 592. The standard InChI is InChI=1S/C14H17N3OS/c1-9-5-11(14(15)18)3-4-12(9)6-16-7-13-8-19-10(2)17-13/h3-5,8,16H,6-7H2,1-2H3,(H2,15,18). The van der Waals surface area contributed by atoms with Gasteiger partial charge < -0.3 is 11.1 Å². The largest absolute Gasteiger partial charge is 0.366 e. The van der Waals surface area contributed by atoms with Crippen molar-refractivity contribution in [2.45, 2.75) is 26.9 Å². The van der Waals surface area contributed by atoms with E-state index in [0.717, 1.165) is 34.9 Å². The fourth-order valence-corrected chi connectivity index (χ4v) is 2.47. The van der Waals surface area contributed by atoms with E-state index in [2.05, 4.69) is 15.7 Å². The molecule has 1 aromatic heterocycles. The van der Waals surface area contributed by atoms with Crippen LogP contribution in [0.1, 0.15) is 32.2 Å². The fourth-order valence-electron chi connectivity index (χ4n) is 1.86. The smallest absolute Gasteiger partial charge is 0.248 e. The monoisotopic (exact) mass is 275 g/mol. The van der Waals surface area contributed by atoms with Crippen molar-refractivity contribution in [2.24, 2.45) is 5.73 Å². The third-order valence-corrected chi connectivity index (χ3v) is 3.74. The molecule has 0 aliphatic carbocycles. The minimum Gasteiger partial charge on any atom is -0.366 e. The first-order chi connectivity index (χ1) is 9.06. The second kappa shape index (κ2) is 5.95. The Hall–Kier alpha value is -1.72. The van der Waals surface area contributed by atoms with Crippen LogP contribution in [0.2, 0.25) is 0 Å². The minimum atomic E-state index is -0.388. The molecule has 1 aromatic carbocycles. The Morgan fingerprint density at radius 1 is 1.37 bits per heavy atom. The summed E-state index contributed by atoms with van der Waals surface area (Å²) in [5, 5.41) is 6.49. The average Bonchev–Trinajstić information content (AvgIpc) is 2.77. The molecule has 2 aromatic rings. The predicted molar refractivity (Wildman–Crippen MR) is 77.1 cm³/mol. The van der Waals surface area contributed by atoms with E-state index in [1.165, 1.54) is 0 Å². The Kier molecular flexibility index (Phi) is 4.29. The SMILES string of the molecule is Cc1nc(CNCc2ccc(C(N)=O)cc2C)cs1. The molecule has 100 valence electrons. The minimum absolute atomic E-state index is 0.388. The van der Waals surface area contributed by atoms with E-state index < -0.39 is 0 Å². The molecule has 2 rings (SSSR count). The summed E-state index contributed by atoms with van der Waals surface area (Å²) < 4.78 is 0. The van der Waals surface area contributed by atoms with Gasteiger partial charge in [-0.25, -0.2) is 4.98 Å². The van der Waals surface area contributed by atoms with Crippen LogP contribution in [0.25, 0.3) is 0 Å². The number of nitrogens with two attached hydrogens (primary N) is 1. The number of nitrogens with zero attached hydrogens (tertiary/aromatic N) is 1. The first-order valence-electron chi connectivity index (χ1n) is 6.07. The molecule has 0 unspecified atom stereocenters. The highest BCUT2D eigenvalue weighted by atomic mass is 32.1. The Morgan fingerprint density at radius 2 is 2.16 bits per heavy atom. The van der Waals surface area contributed by atoms with Crippen molar-refractivity contribution < 1.29 is 4.79 Å². The highest BCUT2D eigenvalue weighted by Crippen LogP contribution is 2.12. The lowest BCUT2D eigenvalue weighted by molar-refractivity contribution is 0.1000. The number of nitrogens with one attached hydrogen (secondary N) is 1. The van der Waals surface area contributed by atoms with Crippen molar-refractivity contribution >= 4 is 17.2 Å². The highest BCUT2D eigenvalue weighted by molar-refractivity contribution is 7.09. The zero-order valence-electron chi connectivity index (χ0n) is 11.1. The van der Waals surface area contributed by atoms with Crippen molar-refractivity contribution in [3.8, 4) is 0 Å². The van der Waals surface area contributed by atoms with E-state index >= 15 is 0 Å². The Balaban J connectivity index is 1.94. The highest BCUT2D eigenvalue weighted by Gasteiger charge is 2.04. The summed E-state index contributed by atoms with van der Waals surface area (Å²) in [6.45, 7) is 5.49. The molecule has 0 saturated carbocycles. The van der Waals surface area contributed by atoms with Crippen molar-refractivity contribution in [3.05, 3.63) is 51.0 Å². The molecule has 5 heteroatoms. The molecule has 4 nitrogen and oxygen atoms in total. The number of carbonyl (C=O) groups is 1. The molecular weight excluding hydrogens is 258 g/mol. The molecule has 0 aliphatic rings. The average molecular weight is 275 g/mol. The number of rotatable bonds is 5. The zero-order chi connectivity index (χ0) is 13.8. The molecule has 0 bridgehead atoms. The Labute approximate surface area is 116 Å². The third kappa shape index (κ3) is 3.62. The molecule has 0 fully saturated rings. The van der Waals surface area contributed by atoms with Crippen LogP contribution in [0.3, 0.4) is 0 Å². The van der Waals surface area contributed by atoms with Gasteiger partial charge in [-0.1, -0.05) is 6.07 Å². The van der Waals surface area contributed by atoms with Gasteiger partial charge in [0.05, 0.1) is 10.7 Å². The first-order valence-corrected chi connectivity index (χ1v) is 6.95. The van der Waals surface area contributed by atoms with Gasteiger partial charge >= 0.3 is 0 Å². The maximum Gasteiger partial charge on any atom is 0.248 e. The number of primary amides is 1. The van der Waals surface area contributed by atoms with Crippen molar-refractivity contribution in [2.75, 3.05) is 0 Å². The normalized spacial score (nSPS) is 10.6. The van der Waals surface area contributed by atoms with Crippen LogP contribution in [-0.4, -0.2) is 10.9 Å². The van der Waals surface area contributed by atoms with E-state index in [0.29, 0.717) is 5.56 Å². The number of hydrogen-bond donors (Lipinski definition) is 2. The molecular formula is C14H17N3OS. The second-order valence-electron chi connectivity index (χ2n) is 4.47. The number of carbonyl (C=O) groups excluding carboxylic acids is 1. The summed E-state index contributed by atoms with van der Waals surface area (Å²) >= 11 is 1.66. The fraction of sp³-hybridized carbons (Fsp3) is 0.286. The Morgan fingerprint density at radius 3 is 2.74 bits per heavy atom. The molecule has 1 amide bonds. The van der Waals surface area contributed by atoms with Crippen LogP contribution in [0, 0.1) is 13.8 Å². The van der Waals surface area contributed by atoms with Gasteiger partial charge in [-0.2, -0.15) is 0 Å². The third-order valence-electron chi connectivity index (χ3n) is 2.92. The summed E-state index contributed by atoms with van der Waals surface area (Å²) in [6.07, 6.45) is 0. The molecule has 0 spiro atoms. The van der Waals surface area contributed by atoms with Crippen LogP contribution in [0.4, 0.5) is 0 Å². The van der Waals surface area contributed by atoms with Gasteiger partial charge in [0, 0.05) is 24.0 Å². The van der Waals surface area contributed by atoms with Crippen LogP contribution < -0.4 is 11.1 Å². The van der Waals surface area contributed by atoms with Crippen LogP contribution >= 0.6 is 11.3 Å². The van der Waals surface area contributed by atoms with Crippen LogP contribution in [0.5, 0.6) is 0 Å². The van der Waals surface area contributed by atoms with Crippen molar-refractivity contribution in [1.82, 2.24) is 10.3 Å². The van der Waals surface area contributed by atoms with Gasteiger partial charge in [0.15, 0.2) is 0 Å². The van der Waals surface area contributed by atoms with E-state index in [1.807, 2.05) is 26.0 Å². The molecule has 0 atom stereocenters. The molecule has 0 saturated heterocycles.